The average molecular weight is 196 g/mol. The van der Waals surface area contributed by atoms with Crippen molar-refractivity contribution in [3.05, 3.63) is 0 Å². The van der Waals surface area contributed by atoms with Crippen LogP contribution in [0.5, 0.6) is 0 Å². The molecule has 4 nitrogen and oxygen atoms in total. The third-order valence-corrected chi connectivity index (χ3v) is 2.57. The van der Waals surface area contributed by atoms with Gasteiger partial charge in [0.05, 0.1) is 5.84 Å². The van der Waals surface area contributed by atoms with Crippen LogP contribution in [-0.2, 0) is 9.59 Å². The van der Waals surface area contributed by atoms with E-state index >= 15 is 0 Å². The van der Waals surface area contributed by atoms with Crippen molar-refractivity contribution in [1.82, 2.24) is 4.90 Å². The summed E-state index contributed by atoms with van der Waals surface area (Å²) in [4.78, 5) is 23.3. The molecule has 0 radical (unpaired) electrons. The van der Waals surface area contributed by atoms with Crippen molar-refractivity contribution in [2.45, 2.75) is 32.1 Å². The van der Waals surface area contributed by atoms with Crippen LogP contribution in [0.4, 0.5) is 0 Å². The van der Waals surface area contributed by atoms with E-state index in [0.29, 0.717) is 0 Å². The standard InChI is InChI=1S/C9H16N2.CO2/c1-2-5-9-10-6-4-8-11(9)7-3-1;2-1-3/h1-8H2;. The monoisotopic (exact) mass is 196 g/mol. The van der Waals surface area contributed by atoms with Crippen molar-refractivity contribution in [3.8, 4) is 0 Å². The summed E-state index contributed by atoms with van der Waals surface area (Å²) in [6.45, 7) is 3.60. The second kappa shape index (κ2) is 6.33. The molecule has 2 aliphatic heterocycles. The molecule has 78 valence electrons. The molecule has 0 aromatic rings. The van der Waals surface area contributed by atoms with E-state index in [1.54, 1.807) is 0 Å². The summed E-state index contributed by atoms with van der Waals surface area (Å²) in [5, 5.41) is 0. The summed E-state index contributed by atoms with van der Waals surface area (Å²) in [7, 11) is 0. The molecule has 0 N–H and O–H groups in total. The Labute approximate surface area is 84.0 Å². The molecule has 0 unspecified atom stereocenters. The van der Waals surface area contributed by atoms with Gasteiger partial charge in [-0.15, -0.1) is 0 Å². The highest BCUT2D eigenvalue weighted by atomic mass is 16.2. The zero-order chi connectivity index (χ0) is 10.2. The fraction of sp³-hybridized carbons (Fsp3) is 0.800. The second-order valence-corrected chi connectivity index (χ2v) is 3.53. The maximum atomic E-state index is 8.12. The van der Waals surface area contributed by atoms with Crippen LogP contribution in [0.3, 0.4) is 0 Å². The maximum absolute atomic E-state index is 8.12. The molecule has 2 rings (SSSR count). The number of hydrogen-bond donors (Lipinski definition) is 0. The van der Waals surface area contributed by atoms with E-state index < -0.39 is 0 Å². The largest absolute Gasteiger partial charge is 0.373 e. The van der Waals surface area contributed by atoms with Gasteiger partial charge in [-0.1, -0.05) is 6.42 Å². The minimum absolute atomic E-state index is 0.250. The Kier molecular flexibility index (Phi) is 4.94. The molecule has 4 heteroatoms. The number of aliphatic imine (C=N–C) groups is 1. The van der Waals surface area contributed by atoms with Crippen LogP contribution < -0.4 is 0 Å². The second-order valence-electron chi connectivity index (χ2n) is 3.53. The molecular weight excluding hydrogens is 180 g/mol. The number of amidine groups is 1. The molecule has 1 fully saturated rings. The topological polar surface area (TPSA) is 49.7 Å². The fourth-order valence-electron chi connectivity index (χ4n) is 1.94. The average Bonchev–Trinajstić information content (AvgIpc) is 2.43. The number of carbonyl (C=O) groups excluding carboxylic acids is 2. The van der Waals surface area contributed by atoms with Crippen LogP contribution in [0.1, 0.15) is 32.1 Å². The highest BCUT2D eigenvalue weighted by molar-refractivity contribution is 5.83. The van der Waals surface area contributed by atoms with E-state index in [2.05, 4.69) is 9.89 Å². The Morgan fingerprint density at radius 2 is 1.79 bits per heavy atom. The van der Waals surface area contributed by atoms with Crippen LogP contribution in [0.25, 0.3) is 0 Å². The van der Waals surface area contributed by atoms with E-state index in [0.717, 1.165) is 6.54 Å². The smallest absolute Gasteiger partial charge is 0.360 e. The third-order valence-electron chi connectivity index (χ3n) is 2.57. The predicted molar refractivity (Wildman–Crippen MR) is 52.0 cm³/mol. The van der Waals surface area contributed by atoms with Crippen LogP contribution in [0.15, 0.2) is 4.99 Å². The van der Waals surface area contributed by atoms with Crippen LogP contribution in [0.2, 0.25) is 0 Å². The molecule has 0 aromatic carbocycles. The first-order chi connectivity index (χ1) is 6.88. The summed E-state index contributed by atoms with van der Waals surface area (Å²) in [5.74, 6) is 1.40. The van der Waals surface area contributed by atoms with Gasteiger partial charge < -0.3 is 4.90 Å². The molecule has 2 heterocycles. The van der Waals surface area contributed by atoms with Gasteiger partial charge in [-0.2, -0.15) is 9.59 Å². The van der Waals surface area contributed by atoms with E-state index in [4.69, 9.17) is 9.59 Å². The van der Waals surface area contributed by atoms with E-state index in [1.807, 2.05) is 0 Å². The number of fused-ring (bicyclic) bond motifs is 1. The zero-order valence-electron chi connectivity index (χ0n) is 8.37. The van der Waals surface area contributed by atoms with Gasteiger partial charge in [-0.3, -0.25) is 4.99 Å². The highest BCUT2D eigenvalue weighted by Crippen LogP contribution is 2.15. The summed E-state index contributed by atoms with van der Waals surface area (Å²) >= 11 is 0. The third kappa shape index (κ3) is 3.30. The van der Waals surface area contributed by atoms with Crippen LogP contribution in [-0.4, -0.2) is 36.5 Å². The van der Waals surface area contributed by atoms with Gasteiger partial charge in [0.1, 0.15) is 0 Å². The molecule has 1 saturated heterocycles. The summed E-state index contributed by atoms with van der Waals surface area (Å²) < 4.78 is 0. The molecule has 2 aliphatic rings. The lowest BCUT2D eigenvalue weighted by atomic mass is 10.2. The predicted octanol–water partition coefficient (Wildman–Crippen LogP) is 1.08. The molecule has 0 atom stereocenters. The Bertz CT molecular complexity index is 232. The molecule has 14 heavy (non-hydrogen) atoms. The Balaban J connectivity index is 0.000000293. The van der Waals surface area contributed by atoms with Crippen molar-refractivity contribution >= 4 is 12.0 Å². The lowest BCUT2D eigenvalue weighted by molar-refractivity contribution is -0.191. The van der Waals surface area contributed by atoms with Crippen molar-refractivity contribution in [1.29, 1.82) is 0 Å². The first kappa shape index (κ1) is 10.9. The summed E-state index contributed by atoms with van der Waals surface area (Å²) in [5.41, 5.74) is 0. The lowest BCUT2D eigenvalue weighted by Crippen LogP contribution is -2.34. The molecule has 0 amide bonds. The van der Waals surface area contributed by atoms with Crippen molar-refractivity contribution in [3.63, 3.8) is 0 Å². The molecule has 0 aromatic heterocycles. The zero-order valence-corrected chi connectivity index (χ0v) is 8.37. The normalized spacial score (nSPS) is 20.6. The minimum Gasteiger partial charge on any atom is -0.360 e. The van der Waals surface area contributed by atoms with Crippen LogP contribution in [0, 0.1) is 0 Å². The molecule has 0 bridgehead atoms. The lowest BCUT2D eigenvalue weighted by Gasteiger charge is -2.27. The summed E-state index contributed by atoms with van der Waals surface area (Å²) in [6, 6.07) is 0. The van der Waals surface area contributed by atoms with Crippen LogP contribution >= 0.6 is 0 Å². The number of nitrogens with zero attached hydrogens (tertiary/aromatic N) is 2. The quantitative estimate of drug-likeness (QED) is 0.582. The number of hydrogen-bond acceptors (Lipinski definition) is 4. The van der Waals surface area contributed by atoms with Gasteiger partial charge in [0, 0.05) is 26.1 Å². The highest BCUT2D eigenvalue weighted by Gasteiger charge is 2.16. The van der Waals surface area contributed by atoms with E-state index in [-0.39, 0.29) is 6.15 Å². The van der Waals surface area contributed by atoms with Crippen molar-refractivity contribution < 1.29 is 9.59 Å². The van der Waals surface area contributed by atoms with Gasteiger partial charge in [-0.25, -0.2) is 0 Å². The molecule has 0 saturated carbocycles. The Morgan fingerprint density at radius 1 is 1.07 bits per heavy atom. The Hall–Kier alpha value is -1.15. The van der Waals surface area contributed by atoms with E-state index in [9.17, 15) is 0 Å². The molecule has 0 spiro atoms. The van der Waals surface area contributed by atoms with Crippen molar-refractivity contribution in [2.24, 2.45) is 4.99 Å². The van der Waals surface area contributed by atoms with Gasteiger partial charge >= 0.3 is 6.15 Å². The summed E-state index contributed by atoms with van der Waals surface area (Å²) in [6.07, 6.45) is 6.88. The minimum atomic E-state index is 0.250. The van der Waals surface area contributed by atoms with Crippen molar-refractivity contribution in [2.75, 3.05) is 19.6 Å². The SMILES string of the molecule is C1CCC2=NCCCN2CC1.O=C=O. The Morgan fingerprint density at radius 3 is 2.57 bits per heavy atom. The van der Waals surface area contributed by atoms with Gasteiger partial charge in [0.25, 0.3) is 0 Å². The first-order valence-electron chi connectivity index (χ1n) is 5.16. The van der Waals surface area contributed by atoms with Gasteiger partial charge in [0.2, 0.25) is 0 Å². The number of rotatable bonds is 0. The molecular formula is C10H16N2O2. The van der Waals surface area contributed by atoms with E-state index in [1.165, 1.54) is 51.0 Å². The van der Waals surface area contributed by atoms with Gasteiger partial charge in [0.15, 0.2) is 0 Å². The van der Waals surface area contributed by atoms with Gasteiger partial charge in [-0.05, 0) is 19.3 Å². The maximum Gasteiger partial charge on any atom is 0.373 e. The first-order valence-corrected chi connectivity index (χ1v) is 5.16. The fourth-order valence-corrected chi connectivity index (χ4v) is 1.94. The molecule has 0 aliphatic carbocycles.